The molecule has 9 heteroatoms. The summed E-state index contributed by atoms with van der Waals surface area (Å²) >= 11 is -2.46. The summed E-state index contributed by atoms with van der Waals surface area (Å²) in [5, 5.41) is 2.82. The molecule has 0 aliphatic rings. The molecule has 0 spiro atoms. The predicted octanol–water partition coefficient (Wildman–Crippen LogP) is 6.41. The van der Waals surface area contributed by atoms with Gasteiger partial charge >= 0.3 is 12.3 Å². The molecular weight excluding hydrogens is 479 g/mol. The summed E-state index contributed by atoms with van der Waals surface area (Å²) in [4.78, 5) is 13.1. The second kappa shape index (κ2) is 9.83. The Morgan fingerprint density at radius 2 is 1.34 bits per heavy atom. The average Bonchev–Trinajstić information content (AvgIpc) is 2.76. The molecule has 3 rings (SSSR count). The number of halogens is 3. The van der Waals surface area contributed by atoms with E-state index >= 15 is 0 Å². The highest BCUT2D eigenvalue weighted by Crippen LogP contribution is 2.41. The second-order valence-electron chi connectivity index (χ2n) is 9.06. The van der Waals surface area contributed by atoms with Gasteiger partial charge < -0.3 is 14.6 Å². The van der Waals surface area contributed by atoms with Crippen molar-refractivity contribution in [1.29, 1.82) is 0 Å². The van der Waals surface area contributed by atoms with Gasteiger partial charge in [0.2, 0.25) is 0 Å². The Morgan fingerprint density at radius 3 is 1.83 bits per heavy atom. The zero-order chi connectivity index (χ0) is 26.0. The van der Waals surface area contributed by atoms with Crippen LogP contribution in [-0.2, 0) is 27.5 Å². The molecule has 0 heterocycles. The van der Waals surface area contributed by atoms with Crippen LogP contribution >= 0.6 is 0 Å². The monoisotopic (exact) mass is 505 g/mol. The van der Waals surface area contributed by atoms with Crippen LogP contribution in [0.15, 0.2) is 77.7 Å². The number of rotatable bonds is 5. The smallest absolute Gasteiger partial charge is 0.416 e. The lowest BCUT2D eigenvalue weighted by Crippen LogP contribution is -2.50. The minimum atomic E-state index is -4.56. The Kier molecular flexibility index (Phi) is 7.42. The minimum Gasteiger partial charge on any atom is -0.444 e. The summed E-state index contributed by atoms with van der Waals surface area (Å²) in [7, 11) is 0. The lowest BCUT2D eigenvalue weighted by atomic mass is 9.76. The molecule has 186 valence electrons. The number of carbonyl (C=O) groups excluding carboxylic acids is 1. The largest absolute Gasteiger partial charge is 0.444 e. The van der Waals surface area contributed by atoms with E-state index in [1.165, 1.54) is 18.2 Å². The van der Waals surface area contributed by atoms with Crippen molar-refractivity contribution in [3.05, 3.63) is 101 Å². The molecule has 0 radical (unpaired) electrons. The molecule has 0 saturated heterocycles. The molecule has 2 N–H and O–H groups in total. The number of amides is 1. The van der Waals surface area contributed by atoms with Gasteiger partial charge in [0.25, 0.3) is 0 Å². The Bertz CT molecular complexity index is 1220. The normalized spacial score (nSPS) is 14.6. The number of carbonyl (C=O) groups is 1. The quantitative estimate of drug-likeness (QED) is 0.310. The fraction of sp³-hybridized carbons (Fsp3) is 0.269. The first-order chi connectivity index (χ1) is 16.2. The van der Waals surface area contributed by atoms with Crippen LogP contribution in [0.25, 0.3) is 0 Å². The van der Waals surface area contributed by atoms with E-state index in [-0.39, 0.29) is 16.0 Å². The van der Waals surface area contributed by atoms with E-state index in [4.69, 9.17) is 4.74 Å². The van der Waals surface area contributed by atoms with Gasteiger partial charge in [0.05, 0.1) is 10.5 Å². The second-order valence-corrected chi connectivity index (χ2v) is 10.0. The molecular formula is C26H26F3NO4S. The van der Waals surface area contributed by atoms with Crippen molar-refractivity contribution < 1.29 is 31.5 Å². The summed E-state index contributed by atoms with van der Waals surface area (Å²) in [6, 6.07) is 17.5. The van der Waals surface area contributed by atoms with E-state index in [9.17, 15) is 26.7 Å². The van der Waals surface area contributed by atoms with Gasteiger partial charge in [-0.25, -0.2) is 9.00 Å². The first kappa shape index (κ1) is 26.4. The molecule has 2 atom stereocenters. The molecule has 1 amide bonds. The van der Waals surface area contributed by atoms with Gasteiger partial charge in [0.1, 0.15) is 11.1 Å². The van der Waals surface area contributed by atoms with Crippen molar-refractivity contribution in [2.24, 2.45) is 0 Å². The SMILES string of the molecule is Cc1ccc([C@](NC(=O)OC(C)(C)C)(c2ccc(C(F)(F)F)cc2)c2ccccc2S(=O)O)cc1. The molecule has 0 saturated carbocycles. The topological polar surface area (TPSA) is 75.6 Å². The van der Waals surface area contributed by atoms with Gasteiger partial charge in [-0.1, -0.05) is 60.2 Å². The molecule has 3 aromatic rings. The molecule has 0 aliphatic heterocycles. The summed E-state index contributed by atoms with van der Waals surface area (Å²) in [6.45, 7) is 6.89. The first-order valence-corrected chi connectivity index (χ1v) is 11.8. The van der Waals surface area contributed by atoms with Crippen LogP contribution in [0.4, 0.5) is 18.0 Å². The number of aryl methyl sites for hydroxylation is 1. The zero-order valence-corrected chi connectivity index (χ0v) is 20.5. The van der Waals surface area contributed by atoms with Crippen molar-refractivity contribution in [3.8, 4) is 0 Å². The number of hydrogen-bond donors (Lipinski definition) is 2. The standard InChI is InChI=1S/C26H26F3NO4S/c1-17-9-11-18(12-10-17)25(30-23(31)34-24(2,3)4,21-7-5-6-8-22(21)35(32)33)19-13-15-20(16-14-19)26(27,28)29/h5-16H,1-4H3,(H,30,31)(H,32,33)/t25-/m0/s1. The molecule has 5 nitrogen and oxygen atoms in total. The number of nitrogens with one attached hydrogen (secondary N) is 1. The molecule has 0 bridgehead atoms. The van der Waals surface area contributed by atoms with Gasteiger partial charge in [0, 0.05) is 5.56 Å². The van der Waals surface area contributed by atoms with Crippen LogP contribution in [0.1, 0.15) is 48.6 Å². The van der Waals surface area contributed by atoms with E-state index in [0.717, 1.165) is 17.7 Å². The fourth-order valence-electron chi connectivity index (χ4n) is 3.79. The zero-order valence-electron chi connectivity index (χ0n) is 19.6. The third kappa shape index (κ3) is 5.91. The van der Waals surface area contributed by atoms with Gasteiger partial charge in [-0.05, 0) is 57.0 Å². The molecule has 3 aromatic carbocycles. The van der Waals surface area contributed by atoms with Crippen LogP contribution in [0, 0.1) is 6.92 Å². The van der Waals surface area contributed by atoms with Gasteiger partial charge in [-0.2, -0.15) is 13.2 Å². The molecule has 1 unspecified atom stereocenters. The van der Waals surface area contributed by atoms with Crippen LogP contribution in [0.3, 0.4) is 0 Å². The molecule has 35 heavy (non-hydrogen) atoms. The van der Waals surface area contributed by atoms with Crippen LogP contribution in [0.5, 0.6) is 0 Å². The van der Waals surface area contributed by atoms with Crippen LogP contribution in [-0.4, -0.2) is 20.5 Å². The summed E-state index contributed by atoms with van der Waals surface area (Å²) in [6.07, 6.45) is -5.41. The molecule has 0 aromatic heterocycles. The van der Waals surface area contributed by atoms with Crippen LogP contribution < -0.4 is 5.32 Å². The van der Waals surface area contributed by atoms with E-state index in [1.807, 2.05) is 6.92 Å². The van der Waals surface area contributed by atoms with Crippen molar-refractivity contribution in [1.82, 2.24) is 5.32 Å². The Hall–Kier alpha value is -3.17. The highest BCUT2D eigenvalue weighted by Gasteiger charge is 2.42. The van der Waals surface area contributed by atoms with Crippen molar-refractivity contribution >= 4 is 17.2 Å². The lowest BCUT2D eigenvalue weighted by molar-refractivity contribution is -0.137. The number of benzene rings is 3. The van der Waals surface area contributed by atoms with Gasteiger partial charge in [0.15, 0.2) is 11.1 Å². The summed E-state index contributed by atoms with van der Waals surface area (Å²) < 4.78 is 67.8. The lowest BCUT2D eigenvalue weighted by Gasteiger charge is -2.38. The third-order valence-electron chi connectivity index (χ3n) is 5.30. The highest BCUT2D eigenvalue weighted by atomic mass is 32.2. The number of alkyl halides is 3. The van der Waals surface area contributed by atoms with Crippen molar-refractivity contribution in [2.75, 3.05) is 0 Å². The van der Waals surface area contributed by atoms with Crippen LogP contribution in [0.2, 0.25) is 0 Å². The van der Waals surface area contributed by atoms with E-state index in [0.29, 0.717) is 5.56 Å². The van der Waals surface area contributed by atoms with Gasteiger partial charge in [-0.3, -0.25) is 0 Å². The summed E-state index contributed by atoms with van der Waals surface area (Å²) in [5.41, 5.74) is -1.54. The minimum absolute atomic E-state index is 0.0102. The number of alkyl carbamates (subject to hydrolysis) is 1. The van der Waals surface area contributed by atoms with E-state index < -0.39 is 40.1 Å². The number of ether oxygens (including phenoxy) is 1. The Morgan fingerprint density at radius 1 is 0.857 bits per heavy atom. The molecule has 0 fully saturated rings. The number of hydrogen-bond acceptors (Lipinski definition) is 3. The third-order valence-corrected chi connectivity index (χ3v) is 6.03. The fourth-order valence-corrected chi connectivity index (χ4v) is 4.39. The van der Waals surface area contributed by atoms with Gasteiger partial charge in [-0.15, -0.1) is 0 Å². The Labute approximate surface area is 204 Å². The summed E-state index contributed by atoms with van der Waals surface area (Å²) in [5.74, 6) is 0. The first-order valence-electron chi connectivity index (χ1n) is 10.7. The predicted molar refractivity (Wildman–Crippen MR) is 127 cm³/mol. The maximum absolute atomic E-state index is 13.3. The maximum atomic E-state index is 13.3. The highest BCUT2D eigenvalue weighted by molar-refractivity contribution is 7.79. The van der Waals surface area contributed by atoms with E-state index in [2.05, 4.69) is 5.32 Å². The average molecular weight is 506 g/mol. The van der Waals surface area contributed by atoms with E-state index in [1.54, 1.807) is 63.2 Å². The molecule has 0 aliphatic carbocycles. The van der Waals surface area contributed by atoms with Crippen molar-refractivity contribution in [3.63, 3.8) is 0 Å². The maximum Gasteiger partial charge on any atom is 0.416 e. The Balaban J connectivity index is 2.38. The van der Waals surface area contributed by atoms with Crippen molar-refractivity contribution in [2.45, 2.75) is 49.9 Å².